The monoisotopic (exact) mass is 312 g/mol. The van der Waals surface area contributed by atoms with Crippen LogP contribution in [0.2, 0.25) is 5.15 Å². The number of hydrogen-bond donors (Lipinski definition) is 0. The van der Waals surface area contributed by atoms with Crippen molar-refractivity contribution in [2.75, 3.05) is 18.2 Å². The molecule has 1 atom stereocenters. The Kier molecular flexibility index (Phi) is 3.46. The third-order valence-corrected chi connectivity index (χ3v) is 4.56. The predicted octanol–water partition coefficient (Wildman–Crippen LogP) is 3.31. The van der Waals surface area contributed by atoms with E-state index >= 15 is 0 Å². The smallest absolute Gasteiger partial charge is 0.189 e. The molecule has 0 amide bonds. The number of aromatic nitrogens is 3. The van der Waals surface area contributed by atoms with Gasteiger partial charge in [0.15, 0.2) is 16.1 Å². The Morgan fingerprint density at radius 1 is 1.35 bits per heavy atom. The number of aryl methyl sites for hydroxylation is 1. The third kappa shape index (κ3) is 2.02. The lowest BCUT2D eigenvalue weighted by Crippen LogP contribution is -2.29. The molecule has 1 aliphatic heterocycles. The van der Waals surface area contributed by atoms with Crippen LogP contribution in [0.4, 0.5) is 10.2 Å². The molecule has 20 heavy (non-hydrogen) atoms. The standard InChI is InChI=1S/C13H14ClFN4S/c1-6-4-5-7-8-10(9(15)11(14)16-7)17-13(20-3)18-12(8)19(6)2/h6H,4-5H2,1-3H3. The summed E-state index contributed by atoms with van der Waals surface area (Å²) >= 11 is 7.29. The van der Waals surface area contributed by atoms with Crippen molar-refractivity contribution in [2.45, 2.75) is 31.0 Å². The number of pyridine rings is 1. The van der Waals surface area contributed by atoms with Crippen molar-refractivity contribution in [1.29, 1.82) is 0 Å². The molecule has 0 N–H and O–H groups in total. The Bertz CT molecular complexity index is 694. The minimum Gasteiger partial charge on any atom is -0.356 e. The summed E-state index contributed by atoms with van der Waals surface area (Å²) in [6.07, 6.45) is 3.54. The lowest BCUT2D eigenvalue weighted by molar-refractivity contribution is 0.622. The predicted molar refractivity (Wildman–Crippen MR) is 80.3 cm³/mol. The van der Waals surface area contributed by atoms with E-state index in [0.717, 1.165) is 24.4 Å². The second kappa shape index (κ2) is 5.00. The maximum absolute atomic E-state index is 14.3. The molecule has 0 fully saturated rings. The number of nitrogens with zero attached hydrogens (tertiary/aromatic N) is 4. The molecule has 1 unspecified atom stereocenters. The average molecular weight is 313 g/mol. The Morgan fingerprint density at radius 2 is 2.10 bits per heavy atom. The summed E-state index contributed by atoms with van der Waals surface area (Å²) in [5, 5.41) is 1.12. The molecule has 0 saturated carbocycles. The zero-order chi connectivity index (χ0) is 14.4. The second-order valence-corrected chi connectivity index (χ2v) is 6.05. The van der Waals surface area contributed by atoms with E-state index in [9.17, 15) is 4.39 Å². The van der Waals surface area contributed by atoms with Gasteiger partial charge in [0.1, 0.15) is 11.3 Å². The summed E-state index contributed by atoms with van der Waals surface area (Å²) in [6.45, 7) is 2.12. The largest absolute Gasteiger partial charge is 0.356 e. The van der Waals surface area contributed by atoms with E-state index in [4.69, 9.17) is 11.6 Å². The van der Waals surface area contributed by atoms with Gasteiger partial charge in [0.2, 0.25) is 0 Å². The van der Waals surface area contributed by atoms with Gasteiger partial charge in [-0.25, -0.2) is 19.3 Å². The fourth-order valence-corrected chi connectivity index (χ4v) is 3.00. The molecule has 7 heteroatoms. The zero-order valence-corrected chi connectivity index (χ0v) is 13.0. The van der Waals surface area contributed by atoms with Crippen molar-refractivity contribution in [3.05, 3.63) is 16.7 Å². The molecule has 2 aromatic heterocycles. The molecule has 0 saturated heterocycles. The van der Waals surface area contributed by atoms with Gasteiger partial charge < -0.3 is 4.90 Å². The van der Waals surface area contributed by atoms with Crippen LogP contribution >= 0.6 is 23.4 Å². The van der Waals surface area contributed by atoms with Crippen molar-refractivity contribution < 1.29 is 4.39 Å². The van der Waals surface area contributed by atoms with E-state index in [-0.39, 0.29) is 10.7 Å². The Balaban J connectivity index is 2.44. The molecule has 3 heterocycles. The number of anilines is 1. The molecule has 0 aliphatic carbocycles. The van der Waals surface area contributed by atoms with Crippen LogP contribution in [0.1, 0.15) is 19.0 Å². The SMILES string of the molecule is CSc1nc2c3c(nc(Cl)c(F)c3n1)CCC(C)N2C. The zero-order valence-electron chi connectivity index (χ0n) is 11.4. The lowest BCUT2D eigenvalue weighted by Gasteiger charge is -2.24. The number of hydrogen-bond acceptors (Lipinski definition) is 5. The average Bonchev–Trinajstić information content (AvgIpc) is 2.57. The minimum atomic E-state index is -0.563. The van der Waals surface area contributed by atoms with Crippen molar-refractivity contribution in [2.24, 2.45) is 0 Å². The Labute approximate surface area is 125 Å². The third-order valence-electron chi connectivity index (χ3n) is 3.76. The highest BCUT2D eigenvalue weighted by Crippen LogP contribution is 2.35. The maximum Gasteiger partial charge on any atom is 0.189 e. The molecule has 0 radical (unpaired) electrons. The first-order valence-corrected chi connectivity index (χ1v) is 7.95. The normalized spacial score (nSPS) is 18.4. The Hall–Kier alpha value is -1.14. The van der Waals surface area contributed by atoms with Gasteiger partial charge in [-0.05, 0) is 26.0 Å². The van der Waals surface area contributed by atoms with Gasteiger partial charge in [0, 0.05) is 13.1 Å². The molecule has 0 bridgehead atoms. The topological polar surface area (TPSA) is 41.9 Å². The quantitative estimate of drug-likeness (QED) is 0.459. The van der Waals surface area contributed by atoms with Crippen molar-refractivity contribution in [3.63, 3.8) is 0 Å². The maximum atomic E-state index is 14.3. The summed E-state index contributed by atoms with van der Waals surface area (Å²) in [6, 6.07) is 0.304. The van der Waals surface area contributed by atoms with E-state index in [1.807, 2.05) is 13.3 Å². The molecule has 0 aromatic carbocycles. The van der Waals surface area contributed by atoms with E-state index in [2.05, 4.69) is 26.8 Å². The molecule has 3 rings (SSSR count). The summed E-state index contributed by atoms with van der Waals surface area (Å²) in [5.41, 5.74) is 1.06. The van der Waals surface area contributed by atoms with Crippen LogP contribution < -0.4 is 4.90 Å². The van der Waals surface area contributed by atoms with Crippen LogP contribution in [-0.2, 0) is 6.42 Å². The van der Waals surface area contributed by atoms with Gasteiger partial charge in [-0.3, -0.25) is 0 Å². The van der Waals surface area contributed by atoms with Gasteiger partial charge in [-0.1, -0.05) is 23.4 Å². The van der Waals surface area contributed by atoms with Crippen LogP contribution in [0.3, 0.4) is 0 Å². The van der Waals surface area contributed by atoms with Gasteiger partial charge in [0.05, 0.1) is 11.1 Å². The fourth-order valence-electron chi connectivity index (χ4n) is 2.45. The fraction of sp³-hybridized carbons (Fsp3) is 0.462. The summed E-state index contributed by atoms with van der Waals surface area (Å²) < 4.78 is 14.3. The van der Waals surface area contributed by atoms with Gasteiger partial charge in [0.25, 0.3) is 0 Å². The number of rotatable bonds is 1. The molecular formula is C13H14ClFN4S. The van der Waals surface area contributed by atoms with E-state index in [1.54, 1.807) is 0 Å². The molecule has 1 aliphatic rings. The van der Waals surface area contributed by atoms with Crippen LogP contribution in [0.5, 0.6) is 0 Å². The van der Waals surface area contributed by atoms with Crippen LogP contribution in [0.15, 0.2) is 5.16 Å². The summed E-state index contributed by atoms with van der Waals surface area (Å²) in [4.78, 5) is 15.1. The van der Waals surface area contributed by atoms with Crippen LogP contribution in [0, 0.1) is 5.82 Å². The summed E-state index contributed by atoms with van der Waals surface area (Å²) in [7, 11) is 1.97. The molecule has 106 valence electrons. The number of thioether (sulfide) groups is 1. The highest BCUT2D eigenvalue weighted by Gasteiger charge is 2.26. The van der Waals surface area contributed by atoms with Gasteiger partial charge >= 0.3 is 0 Å². The van der Waals surface area contributed by atoms with E-state index < -0.39 is 5.82 Å². The first-order valence-electron chi connectivity index (χ1n) is 6.35. The van der Waals surface area contributed by atoms with Crippen molar-refractivity contribution in [3.8, 4) is 0 Å². The van der Waals surface area contributed by atoms with Crippen molar-refractivity contribution in [1.82, 2.24) is 15.0 Å². The van der Waals surface area contributed by atoms with E-state index in [0.29, 0.717) is 16.6 Å². The Morgan fingerprint density at radius 3 is 2.80 bits per heavy atom. The number of halogens is 2. The van der Waals surface area contributed by atoms with Crippen molar-refractivity contribution >= 4 is 40.1 Å². The van der Waals surface area contributed by atoms with Gasteiger partial charge in [-0.15, -0.1) is 0 Å². The lowest BCUT2D eigenvalue weighted by atomic mass is 10.1. The first-order chi connectivity index (χ1) is 9.52. The van der Waals surface area contributed by atoms with E-state index in [1.165, 1.54) is 11.8 Å². The first kappa shape index (κ1) is 13.8. The second-order valence-electron chi connectivity index (χ2n) is 4.92. The highest BCUT2D eigenvalue weighted by molar-refractivity contribution is 7.98. The van der Waals surface area contributed by atoms with Gasteiger partial charge in [-0.2, -0.15) is 0 Å². The minimum absolute atomic E-state index is 0.110. The molecule has 4 nitrogen and oxygen atoms in total. The summed E-state index contributed by atoms with van der Waals surface area (Å²) in [5.74, 6) is 0.176. The van der Waals surface area contributed by atoms with Crippen LogP contribution in [-0.4, -0.2) is 34.3 Å². The molecular weight excluding hydrogens is 299 g/mol. The van der Waals surface area contributed by atoms with Crippen LogP contribution in [0.25, 0.3) is 10.9 Å². The molecule has 0 spiro atoms. The highest BCUT2D eigenvalue weighted by atomic mass is 35.5. The molecule has 2 aromatic rings.